The number of amides is 2. The first-order valence-corrected chi connectivity index (χ1v) is 8.92. The standard InChI is InChI=1S/C22H21N3O4/c1-28-19-10-9-15(12-20(19)29-2)13-21(26)24-17-7-3-4-8-18(17)25-22(27)16-6-5-11-23-14-16/h3-12,14H,13H2,1-2H3,(H,24,26)(H,25,27). The van der Waals surface area contributed by atoms with Crippen LogP contribution in [0.2, 0.25) is 0 Å². The minimum absolute atomic E-state index is 0.144. The maximum atomic E-state index is 12.5. The fourth-order valence-corrected chi connectivity index (χ4v) is 2.76. The highest BCUT2D eigenvalue weighted by molar-refractivity contribution is 6.07. The Balaban J connectivity index is 1.70. The highest BCUT2D eigenvalue weighted by atomic mass is 16.5. The molecule has 3 rings (SSSR count). The van der Waals surface area contributed by atoms with Crippen molar-refractivity contribution in [2.24, 2.45) is 0 Å². The predicted molar refractivity (Wildman–Crippen MR) is 111 cm³/mol. The number of nitrogens with zero attached hydrogens (tertiary/aromatic N) is 1. The summed E-state index contributed by atoms with van der Waals surface area (Å²) in [4.78, 5) is 28.9. The van der Waals surface area contributed by atoms with E-state index in [0.717, 1.165) is 5.56 Å². The summed E-state index contributed by atoms with van der Waals surface area (Å²) in [5.41, 5.74) is 2.22. The lowest BCUT2D eigenvalue weighted by Crippen LogP contribution is -2.18. The number of para-hydroxylation sites is 2. The molecule has 0 aliphatic heterocycles. The maximum absolute atomic E-state index is 12.5. The predicted octanol–water partition coefficient (Wildman–Crippen LogP) is 3.53. The number of anilines is 2. The van der Waals surface area contributed by atoms with E-state index >= 15 is 0 Å². The minimum atomic E-state index is -0.306. The Morgan fingerprint density at radius 3 is 2.28 bits per heavy atom. The van der Waals surface area contributed by atoms with Gasteiger partial charge in [-0.15, -0.1) is 0 Å². The van der Waals surface area contributed by atoms with E-state index in [2.05, 4.69) is 15.6 Å². The van der Waals surface area contributed by atoms with Crippen LogP contribution >= 0.6 is 0 Å². The van der Waals surface area contributed by atoms with Crippen molar-refractivity contribution in [2.45, 2.75) is 6.42 Å². The molecule has 0 aliphatic carbocycles. The topological polar surface area (TPSA) is 89.6 Å². The van der Waals surface area contributed by atoms with Crippen LogP contribution in [0.5, 0.6) is 11.5 Å². The summed E-state index contributed by atoms with van der Waals surface area (Å²) in [7, 11) is 3.10. The number of carbonyl (C=O) groups excluding carboxylic acids is 2. The van der Waals surface area contributed by atoms with Crippen LogP contribution in [0.1, 0.15) is 15.9 Å². The SMILES string of the molecule is COc1ccc(CC(=O)Nc2ccccc2NC(=O)c2cccnc2)cc1OC. The molecule has 0 atom stereocenters. The maximum Gasteiger partial charge on any atom is 0.257 e. The van der Waals surface area contributed by atoms with Crippen molar-refractivity contribution in [3.63, 3.8) is 0 Å². The van der Waals surface area contributed by atoms with Crippen LogP contribution in [0, 0.1) is 0 Å². The number of rotatable bonds is 7. The Kier molecular flexibility index (Phi) is 6.42. The number of carbonyl (C=O) groups is 2. The first kappa shape index (κ1) is 19.9. The summed E-state index contributed by atoms with van der Waals surface area (Å²) >= 11 is 0. The number of hydrogen-bond donors (Lipinski definition) is 2. The quantitative estimate of drug-likeness (QED) is 0.643. The van der Waals surface area contributed by atoms with Gasteiger partial charge in [-0.2, -0.15) is 0 Å². The van der Waals surface area contributed by atoms with E-state index in [9.17, 15) is 9.59 Å². The number of hydrogen-bond acceptors (Lipinski definition) is 5. The Hall–Kier alpha value is -3.87. The average Bonchev–Trinajstić information content (AvgIpc) is 2.75. The summed E-state index contributed by atoms with van der Waals surface area (Å²) < 4.78 is 10.5. The van der Waals surface area contributed by atoms with Crippen molar-refractivity contribution in [3.05, 3.63) is 78.1 Å². The van der Waals surface area contributed by atoms with Gasteiger partial charge < -0.3 is 20.1 Å². The van der Waals surface area contributed by atoms with Gasteiger partial charge in [-0.3, -0.25) is 14.6 Å². The van der Waals surface area contributed by atoms with Gasteiger partial charge in [-0.25, -0.2) is 0 Å². The molecule has 0 spiro atoms. The van der Waals surface area contributed by atoms with Gasteiger partial charge >= 0.3 is 0 Å². The molecule has 0 fully saturated rings. The van der Waals surface area contributed by atoms with Crippen LogP contribution in [0.4, 0.5) is 11.4 Å². The lowest BCUT2D eigenvalue weighted by molar-refractivity contribution is -0.115. The summed E-state index contributed by atoms with van der Waals surface area (Å²) in [5, 5.41) is 5.64. The second kappa shape index (κ2) is 9.36. The van der Waals surface area contributed by atoms with Gasteiger partial charge in [0.1, 0.15) is 0 Å². The van der Waals surface area contributed by atoms with E-state index in [1.807, 2.05) is 0 Å². The molecule has 2 N–H and O–H groups in total. The highest BCUT2D eigenvalue weighted by Crippen LogP contribution is 2.28. The molecular weight excluding hydrogens is 370 g/mol. The van der Waals surface area contributed by atoms with Gasteiger partial charge in [-0.1, -0.05) is 18.2 Å². The summed E-state index contributed by atoms with van der Waals surface area (Å²) in [6.45, 7) is 0. The van der Waals surface area contributed by atoms with Gasteiger partial charge in [-0.05, 0) is 42.0 Å². The number of nitrogens with one attached hydrogen (secondary N) is 2. The van der Waals surface area contributed by atoms with Crippen molar-refractivity contribution >= 4 is 23.2 Å². The minimum Gasteiger partial charge on any atom is -0.493 e. The van der Waals surface area contributed by atoms with Gasteiger partial charge in [0, 0.05) is 12.4 Å². The molecule has 0 radical (unpaired) electrons. The number of ether oxygens (including phenoxy) is 2. The van der Waals surface area contributed by atoms with E-state index in [4.69, 9.17) is 9.47 Å². The fraction of sp³-hybridized carbons (Fsp3) is 0.136. The van der Waals surface area contributed by atoms with E-state index in [1.165, 1.54) is 6.20 Å². The molecule has 1 aromatic heterocycles. The monoisotopic (exact) mass is 391 g/mol. The first-order chi connectivity index (χ1) is 14.1. The lowest BCUT2D eigenvalue weighted by Gasteiger charge is -2.13. The summed E-state index contributed by atoms with van der Waals surface area (Å²) in [6.07, 6.45) is 3.22. The van der Waals surface area contributed by atoms with Gasteiger partial charge in [0.05, 0.1) is 37.6 Å². The smallest absolute Gasteiger partial charge is 0.257 e. The van der Waals surface area contributed by atoms with Crippen molar-refractivity contribution < 1.29 is 19.1 Å². The van der Waals surface area contributed by atoms with Crippen molar-refractivity contribution in [2.75, 3.05) is 24.9 Å². The van der Waals surface area contributed by atoms with Gasteiger partial charge in [0.2, 0.25) is 5.91 Å². The fourth-order valence-electron chi connectivity index (χ4n) is 2.76. The average molecular weight is 391 g/mol. The molecule has 29 heavy (non-hydrogen) atoms. The molecule has 1 heterocycles. The number of benzene rings is 2. The van der Waals surface area contributed by atoms with Gasteiger partial charge in [0.15, 0.2) is 11.5 Å². The zero-order valence-corrected chi connectivity index (χ0v) is 16.1. The van der Waals surface area contributed by atoms with Crippen LogP contribution in [0.15, 0.2) is 67.0 Å². The molecule has 148 valence electrons. The van der Waals surface area contributed by atoms with Crippen molar-refractivity contribution in [3.8, 4) is 11.5 Å². The molecule has 3 aromatic rings. The third-order valence-electron chi connectivity index (χ3n) is 4.19. The third kappa shape index (κ3) is 5.10. The number of aromatic nitrogens is 1. The first-order valence-electron chi connectivity index (χ1n) is 8.92. The zero-order chi connectivity index (χ0) is 20.6. The molecule has 0 saturated carbocycles. The lowest BCUT2D eigenvalue weighted by atomic mass is 10.1. The Morgan fingerprint density at radius 1 is 0.897 bits per heavy atom. The Bertz CT molecular complexity index is 1010. The molecule has 2 amide bonds. The van der Waals surface area contributed by atoms with Crippen LogP contribution in [-0.2, 0) is 11.2 Å². The van der Waals surface area contributed by atoms with E-state index in [-0.39, 0.29) is 18.2 Å². The van der Waals surface area contributed by atoms with Gasteiger partial charge in [0.25, 0.3) is 5.91 Å². The van der Waals surface area contributed by atoms with Crippen LogP contribution < -0.4 is 20.1 Å². The molecule has 0 saturated heterocycles. The number of pyridine rings is 1. The second-order valence-corrected chi connectivity index (χ2v) is 6.16. The van der Waals surface area contributed by atoms with E-state index < -0.39 is 0 Å². The molecule has 2 aromatic carbocycles. The highest BCUT2D eigenvalue weighted by Gasteiger charge is 2.12. The van der Waals surface area contributed by atoms with Crippen LogP contribution in [-0.4, -0.2) is 31.0 Å². The molecule has 0 unspecified atom stereocenters. The molecule has 0 aliphatic rings. The number of methoxy groups -OCH3 is 2. The largest absolute Gasteiger partial charge is 0.493 e. The van der Waals surface area contributed by atoms with Crippen LogP contribution in [0.25, 0.3) is 0 Å². The van der Waals surface area contributed by atoms with E-state index in [1.54, 1.807) is 75.0 Å². The Morgan fingerprint density at radius 2 is 1.62 bits per heavy atom. The van der Waals surface area contributed by atoms with Crippen molar-refractivity contribution in [1.29, 1.82) is 0 Å². The zero-order valence-electron chi connectivity index (χ0n) is 16.1. The second-order valence-electron chi connectivity index (χ2n) is 6.16. The summed E-state index contributed by atoms with van der Waals surface area (Å²) in [5.74, 6) is 0.627. The Labute approximate surface area is 168 Å². The van der Waals surface area contributed by atoms with Crippen LogP contribution in [0.3, 0.4) is 0 Å². The van der Waals surface area contributed by atoms with Crippen molar-refractivity contribution in [1.82, 2.24) is 4.98 Å². The third-order valence-corrected chi connectivity index (χ3v) is 4.19. The molecule has 7 nitrogen and oxygen atoms in total. The molecule has 0 bridgehead atoms. The summed E-state index contributed by atoms with van der Waals surface area (Å²) in [6, 6.07) is 15.7. The molecule has 7 heteroatoms. The molecular formula is C22H21N3O4. The normalized spacial score (nSPS) is 10.1. The van der Waals surface area contributed by atoms with E-state index in [0.29, 0.717) is 28.4 Å².